The maximum Gasteiger partial charge on any atom is 0.258 e. The molecule has 3 rings (SSSR count). The van der Waals surface area contributed by atoms with Crippen molar-refractivity contribution in [2.75, 3.05) is 5.32 Å². The van der Waals surface area contributed by atoms with Crippen LogP contribution in [-0.4, -0.2) is 10.9 Å². The SMILES string of the molecule is Cc1ccc(Cl)c2sc(NC(=O)c3ccccc3Br)nc12. The highest BCUT2D eigenvalue weighted by Gasteiger charge is 2.14. The molecule has 0 aliphatic heterocycles. The molecule has 0 aliphatic rings. The summed E-state index contributed by atoms with van der Waals surface area (Å²) in [6, 6.07) is 11.0. The molecule has 6 heteroatoms. The third-order valence-electron chi connectivity index (χ3n) is 3.04. The van der Waals surface area contributed by atoms with E-state index >= 15 is 0 Å². The molecule has 3 nitrogen and oxygen atoms in total. The minimum atomic E-state index is -0.199. The Hall–Kier alpha value is -1.43. The Morgan fingerprint density at radius 3 is 2.76 bits per heavy atom. The third kappa shape index (κ3) is 2.81. The van der Waals surface area contributed by atoms with Gasteiger partial charge in [0.15, 0.2) is 5.13 Å². The largest absolute Gasteiger partial charge is 0.298 e. The predicted octanol–water partition coefficient (Wildman–Crippen LogP) is 5.27. The Morgan fingerprint density at radius 2 is 2.05 bits per heavy atom. The topological polar surface area (TPSA) is 42.0 Å². The first kappa shape index (κ1) is 14.5. The smallest absolute Gasteiger partial charge is 0.258 e. The average Bonchev–Trinajstić information content (AvgIpc) is 2.88. The van der Waals surface area contributed by atoms with Crippen molar-refractivity contribution < 1.29 is 4.79 Å². The summed E-state index contributed by atoms with van der Waals surface area (Å²) in [7, 11) is 0. The van der Waals surface area contributed by atoms with E-state index in [2.05, 4.69) is 26.2 Å². The monoisotopic (exact) mass is 380 g/mol. The minimum absolute atomic E-state index is 0.199. The van der Waals surface area contributed by atoms with Gasteiger partial charge in [-0.15, -0.1) is 0 Å². The number of aryl methyl sites for hydroxylation is 1. The zero-order chi connectivity index (χ0) is 15.0. The second kappa shape index (κ2) is 5.75. The fourth-order valence-corrected chi connectivity index (χ4v) is 3.64. The summed E-state index contributed by atoms with van der Waals surface area (Å²) in [6.07, 6.45) is 0. The lowest BCUT2D eigenvalue weighted by molar-refractivity contribution is 0.102. The van der Waals surface area contributed by atoms with Gasteiger partial charge >= 0.3 is 0 Å². The number of anilines is 1. The van der Waals surface area contributed by atoms with Crippen LogP contribution in [0.2, 0.25) is 5.02 Å². The first-order valence-corrected chi connectivity index (χ1v) is 8.16. The van der Waals surface area contributed by atoms with Gasteiger partial charge in [0.05, 0.1) is 20.8 Å². The zero-order valence-electron chi connectivity index (χ0n) is 11.0. The molecule has 2 aromatic carbocycles. The number of hydrogen-bond acceptors (Lipinski definition) is 3. The summed E-state index contributed by atoms with van der Waals surface area (Å²) in [5, 5.41) is 4.01. The van der Waals surface area contributed by atoms with Gasteiger partial charge in [-0.1, -0.05) is 41.1 Å². The number of hydrogen-bond donors (Lipinski definition) is 1. The molecule has 0 aliphatic carbocycles. The summed E-state index contributed by atoms with van der Waals surface area (Å²) >= 11 is 10.9. The van der Waals surface area contributed by atoms with Gasteiger partial charge in [-0.05, 0) is 46.6 Å². The van der Waals surface area contributed by atoms with Gasteiger partial charge in [-0.3, -0.25) is 10.1 Å². The molecule has 0 atom stereocenters. The van der Waals surface area contributed by atoms with Crippen molar-refractivity contribution in [3.63, 3.8) is 0 Å². The van der Waals surface area contributed by atoms with Gasteiger partial charge in [0.1, 0.15) is 0 Å². The number of carbonyl (C=O) groups is 1. The number of fused-ring (bicyclic) bond motifs is 1. The number of benzene rings is 2. The highest BCUT2D eigenvalue weighted by Crippen LogP contribution is 2.34. The Labute approximate surface area is 139 Å². The van der Waals surface area contributed by atoms with Gasteiger partial charge in [-0.2, -0.15) is 0 Å². The molecule has 3 aromatic rings. The molecule has 1 N–H and O–H groups in total. The van der Waals surface area contributed by atoms with E-state index in [4.69, 9.17) is 11.6 Å². The highest BCUT2D eigenvalue weighted by molar-refractivity contribution is 9.10. The molecule has 0 fully saturated rings. The summed E-state index contributed by atoms with van der Waals surface area (Å²) < 4.78 is 1.64. The van der Waals surface area contributed by atoms with Gasteiger partial charge in [0.25, 0.3) is 5.91 Å². The van der Waals surface area contributed by atoms with Gasteiger partial charge in [-0.25, -0.2) is 4.98 Å². The molecule has 1 amide bonds. The fraction of sp³-hybridized carbons (Fsp3) is 0.0667. The first-order valence-electron chi connectivity index (χ1n) is 6.18. The number of thiazole rings is 1. The van der Waals surface area contributed by atoms with Crippen molar-refractivity contribution in [3.8, 4) is 0 Å². The fourth-order valence-electron chi connectivity index (χ4n) is 1.97. The van der Waals surface area contributed by atoms with E-state index in [0.29, 0.717) is 15.7 Å². The van der Waals surface area contributed by atoms with E-state index < -0.39 is 0 Å². The Balaban J connectivity index is 1.96. The quantitative estimate of drug-likeness (QED) is 0.657. The van der Waals surface area contributed by atoms with Gasteiger partial charge < -0.3 is 0 Å². The predicted molar refractivity (Wildman–Crippen MR) is 91.5 cm³/mol. The van der Waals surface area contributed by atoms with Crippen LogP contribution in [0, 0.1) is 6.92 Å². The van der Waals surface area contributed by atoms with Gasteiger partial charge in [0, 0.05) is 4.47 Å². The van der Waals surface area contributed by atoms with Crippen molar-refractivity contribution in [1.29, 1.82) is 0 Å². The van der Waals surface area contributed by atoms with Crippen LogP contribution in [0.3, 0.4) is 0 Å². The molecule has 1 aromatic heterocycles. The molecule has 106 valence electrons. The first-order chi connectivity index (χ1) is 10.1. The minimum Gasteiger partial charge on any atom is -0.298 e. The van der Waals surface area contributed by atoms with E-state index in [-0.39, 0.29) is 5.91 Å². The third-order valence-corrected chi connectivity index (χ3v) is 5.16. The van der Waals surface area contributed by atoms with Crippen LogP contribution in [0.25, 0.3) is 10.2 Å². The van der Waals surface area contributed by atoms with Crippen LogP contribution in [0.4, 0.5) is 5.13 Å². The normalized spacial score (nSPS) is 10.8. The highest BCUT2D eigenvalue weighted by atomic mass is 79.9. The van der Waals surface area contributed by atoms with Crippen LogP contribution in [0.1, 0.15) is 15.9 Å². The number of amides is 1. The lowest BCUT2D eigenvalue weighted by atomic mass is 10.2. The lowest BCUT2D eigenvalue weighted by Crippen LogP contribution is -2.12. The molecule has 0 radical (unpaired) electrons. The Morgan fingerprint density at radius 1 is 1.29 bits per heavy atom. The van der Waals surface area contributed by atoms with Crippen LogP contribution < -0.4 is 5.32 Å². The summed E-state index contributed by atoms with van der Waals surface area (Å²) in [6.45, 7) is 1.97. The maximum absolute atomic E-state index is 12.3. The molecule has 21 heavy (non-hydrogen) atoms. The summed E-state index contributed by atoms with van der Waals surface area (Å²) in [5.74, 6) is -0.199. The molecule has 0 bridgehead atoms. The van der Waals surface area contributed by atoms with E-state index in [1.807, 2.05) is 37.3 Å². The molecule has 0 saturated heterocycles. The number of carbonyl (C=O) groups excluding carboxylic acids is 1. The maximum atomic E-state index is 12.3. The van der Waals surface area contributed by atoms with Crippen LogP contribution in [0.5, 0.6) is 0 Å². The standard InChI is InChI=1S/C15H10BrClN2OS/c1-8-6-7-11(17)13-12(8)18-15(21-13)19-14(20)9-4-2-3-5-10(9)16/h2-7H,1H3,(H,18,19,20). The van der Waals surface area contributed by atoms with E-state index in [0.717, 1.165) is 20.3 Å². The second-order valence-electron chi connectivity index (χ2n) is 4.50. The zero-order valence-corrected chi connectivity index (χ0v) is 14.1. The van der Waals surface area contributed by atoms with Crippen molar-refractivity contribution in [3.05, 3.63) is 57.0 Å². The van der Waals surface area contributed by atoms with Crippen LogP contribution >= 0.6 is 38.9 Å². The van der Waals surface area contributed by atoms with Gasteiger partial charge in [0.2, 0.25) is 0 Å². The molecular formula is C15H10BrClN2OS. The second-order valence-corrected chi connectivity index (χ2v) is 6.76. The van der Waals surface area contributed by atoms with Crippen LogP contribution in [0.15, 0.2) is 40.9 Å². The average molecular weight is 382 g/mol. The molecule has 0 spiro atoms. The number of nitrogens with zero attached hydrogens (tertiary/aromatic N) is 1. The van der Waals surface area contributed by atoms with Crippen LogP contribution in [-0.2, 0) is 0 Å². The molecule has 0 saturated carbocycles. The van der Waals surface area contributed by atoms with E-state index in [9.17, 15) is 4.79 Å². The van der Waals surface area contributed by atoms with Crippen molar-refractivity contribution >= 4 is 60.1 Å². The Bertz CT molecular complexity index is 808. The molecular weight excluding hydrogens is 372 g/mol. The number of halogens is 2. The van der Waals surface area contributed by atoms with Crippen molar-refractivity contribution in [2.45, 2.75) is 6.92 Å². The summed E-state index contributed by atoms with van der Waals surface area (Å²) in [5.41, 5.74) is 2.43. The number of nitrogens with one attached hydrogen (secondary N) is 1. The van der Waals surface area contributed by atoms with E-state index in [1.165, 1.54) is 11.3 Å². The number of aromatic nitrogens is 1. The van der Waals surface area contributed by atoms with E-state index in [1.54, 1.807) is 6.07 Å². The van der Waals surface area contributed by atoms with Crippen molar-refractivity contribution in [2.24, 2.45) is 0 Å². The molecule has 1 heterocycles. The summed E-state index contributed by atoms with van der Waals surface area (Å²) in [4.78, 5) is 16.7. The Kier molecular flexibility index (Phi) is 3.97. The molecule has 0 unspecified atom stereocenters. The van der Waals surface area contributed by atoms with Crippen molar-refractivity contribution in [1.82, 2.24) is 4.98 Å². The lowest BCUT2D eigenvalue weighted by Gasteiger charge is -2.03. The number of rotatable bonds is 2.